The Morgan fingerprint density at radius 2 is 1.31 bits per heavy atom. The largest absolute Gasteiger partial charge is 0.479 e. The molecule has 1 N–H and O–H groups in total. The van der Waals surface area contributed by atoms with Crippen LogP contribution < -0.4 is 0 Å². The average molecular weight is 251 g/mol. The quantitative estimate of drug-likeness (QED) is 0.791. The van der Waals surface area contributed by atoms with E-state index in [0.717, 1.165) is 0 Å². The minimum Gasteiger partial charge on any atom is -0.479 e. The van der Waals surface area contributed by atoms with Gasteiger partial charge in [-0.25, -0.2) is 4.79 Å². The number of hydrogen-bond acceptors (Lipinski definition) is 1. The molecule has 0 radical (unpaired) electrons. The zero-order valence-corrected chi connectivity index (χ0v) is 9.81. The SMILES string of the molecule is O=C(O)c1cc[c-]cc1.[Cr].c1ccccc1. The van der Waals surface area contributed by atoms with Gasteiger partial charge in [0.15, 0.2) is 0 Å². The first-order valence-corrected chi connectivity index (χ1v) is 4.50. The minimum absolute atomic E-state index is 0. The second kappa shape index (κ2) is 8.73. The van der Waals surface area contributed by atoms with Gasteiger partial charge in [0.05, 0.1) is 0 Å². The second-order valence-electron chi connectivity index (χ2n) is 2.75. The molecule has 0 heterocycles. The third kappa shape index (κ3) is 6.03. The molecule has 16 heavy (non-hydrogen) atoms. The van der Waals surface area contributed by atoms with Gasteiger partial charge >= 0.3 is 5.97 Å². The molecule has 0 unspecified atom stereocenters. The molecule has 0 atom stereocenters. The van der Waals surface area contributed by atoms with Crippen molar-refractivity contribution in [1.29, 1.82) is 0 Å². The topological polar surface area (TPSA) is 37.3 Å². The van der Waals surface area contributed by atoms with E-state index >= 15 is 0 Å². The van der Waals surface area contributed by atoms with Crippen molar-refractivity contribution in [2.24, 2.45) is 0 Å². The predicted molar refractivity (Wildman–Crippen MR) is 58.7 cm³/mol. The van der Waals surface area contributed by atoms with Gasteiger partial charge in [-0.1, -0.05) is 36.4 Å². The van der Waals surface area contributed by atoms with Crippen molar-refractivity contribution in [1.82, 2.24) is 0 Å². The van der Waals surface area contributed by atoms with Crippen LogP contribution >= 0.6 is 0 Å². The van der Waals surface area contributed by atoms with E-state index in [1.807, 2.05) is 36.4 Å². The summed E-state index contributed by atoms with van der Waals surface area (Å²) in [7, 11) is 0. The molecule has 0 saturated heterocycles. The molecule has 82 valence electrons. The molecule has 0 aliphatic heterocycles. The van der Waals surface area contributed by atoms with Crippen LogP contribution in [0, 0.1) is 6.07 Å². The van der Waals surface area contributed by atoms with Crippen molar-refractivity contribution in [3.05, 3.63) is 72.3 Å². The van der Waals surface area contributed by atoms with Gasteiger partial charge < -0.3 is 5.11 Å². The van der Waals surface area contributed by atoms with E-state index in [1.165, 1.54) is 12.1 Å². The number of rotatable bonds is 1. The van der Waals surface area contributed by atoms with E-state index < -0.39 is 5.97 Å². The van der Waals surface area contributed by atoms with Crippen LogP contribution in [0.4, 0.5) is 0 Å². The van der Waals surface area contributed by atoms with Gasteiger partial charge in [-0.15, -0.1) is 0 Å². The van der Waals surface area contributed by atoms with Crippen LogP contribution in [-0.4, -0.2) is 11.1 Å². The first-order chi connectivity index (χ1) is 7.30. The maximum atomic E-state index is 10.2. The predicted octanol–water partition coefficient (Wildman–Crippen LogP) is 2.87. The van der Waals surface area contributed by atoms with E-state index in [-0.39, 0.29) is 17.4 Å². The van der Waals surface area contributed by atoms with Gasteiger partial charge in [-0.3, -0.25) is 0 Å². The Kier molecular flexibility index (Phi) is 7.88. The molecule has 0 amide bonds. The second-order valence-corrected chi connectivity index (χ2v) is 2.75. The monoisotopic (exact) mass is 251 g/mol. The fourth-order valence-corrected chi connectivity index (χ4v) is 0.914. The van der Waals surface area contributed by atoms with Gasteiger partial charge in [0.1, 0.15) is 0 Å². The third-order valence-electron chi connectivity index (χ3n) is 1.63. The van der Waals surface area contributed by atoms with Crippen molar-refractivity contribution >= 4 is 5.97 Å². The Hall–Kier alpha value is -1.56. The molecule has 0 bridgehead atoms. The number of carboxylic acid groups (broad SMARTS) is 1. The minimum atomic E-state index is -0.899. The van der Waals surface area contributed by atoms with Crippen LogP contribution in [0.25, 0.3) is 0 Å². The van der Waals surface area contributed by atoms with Gasteiger partial charge in [0, 0.05) is 17.4 Å². The third-order valence-corrected chi connectivity index (χ3v) is 1.63. The summed E-state index contributed by atoms with van der Waals surface area (Å²) in [5, 5.41) is 8.37. The first kappa shape index (κ1) is 14.4. The molecule has 0 aromatic heterocycles. The van der Waals surface area contributed by atoms with Crippen molar-refractivity contribution in [2.45, 2.75) is 0 Å². The molecular formula is C13H11CrO2-. The molecule has 2 rings (SSSR count). The number of carbonyl (C=O) groups is 1. The van der Waals surface area contributed by atoms with Gasteiger partial charge in [0.2, 0.25) is 0 Å². The molecule has 2 aromatic carbocycles. The van der Waals surface area contributed by atoms with E-state index in [4.69, 9.17) is 5.11 Å². The van der Waals surface area contributed by atoms with Crippen LogP contribution in [0.1, 0.15) is 10.4 Å². The molecule has 0 aliphatic carbocycles. The summed E-state index contributed by atoms with van der Waals surface area (Å²) in [4.78, 5) is 10.2. The van der Waals surface area contributed by atoms with Crippen molar-refractivity contribution in [2.75, 3.05) is 0 Å². The molecule has 0 fully saturated rings. The van der Waals surface area contributed by atoms with E-state index in [9.17, 15) is 4.79 Å². The molecule has 0 spiro atoms. The standard InChI is InChI=1S/C7H5O2.C6H6.Cr/c8-7(9)6-4-2-1-3-5-6;1-2-4-6-5-3-1;/h2-5H,(H,8,9);1-6H;/q-1;;. The Labute approximate surface area is 106 Å². The van der Waals surface area contributed by atoms with Crippen LogP contribution in [0.2, 0.25) is 0 Å². The summed E-state index contributed by atoms with van der Waals surface area (Å²) >= 11 is 0. The maximum absolute atomic E-state index is 10.2. The van der Waals surface area contributed by atoms with E-state index in [1.54, 1.807) is 12.1 Å². The van der Waals surface area contributed by atoms with Crippen LogP contribution in [0.5, 0.6) is 0 Å². The Bertz CT molecular complexity index is 360. The Morgan fingerprint density at radius 3 is 1.56 bits per heavy atom. The molecule has 0 saturated carbocycles. The number of carboxylic acids is 1. The number of hydrogen-bond donors (Lipinski definition) is 1. The fraction of sp³-hybridized carbons (Fsp3) is 0. The summed E-state index contributed by atoms with van der Waals surface area (Å²) in [6.07, 6.45) is 0. The van der Waals surface area contributed by atoms with Crippen LogP contribution in [0.3, 0.4) is 0 Å². The van der Waals surface area contributed by atoms with Gasteiger partial charge in [-0.2, -0.15) is 30.3 Å². The Balaban J connectivity index is 0.000000283. The van der Waals surface area contributed by atoms with Gasteiger partial charge in [0.25, 0.3) is 0 Å². The van der Waals surface area contributed by atoms with Crippen molar-refractivity contribution < 1.29 is 27.3 Å². The van der Waals surface area contributed by atoms with Crippen molar-refractivity contribution in [3.8, 4) is 0 Å². The molecular weight excluding hydrogens is 240 g/mol. The van der Waals surface area contributed by atoms with Gasteiger partial charge in [-0.05, 0) is 5.56 Å². The van der Waals surface area contributed by atoms with Crippen LogP contribution in [0.15, 0.2) is 60.7 Å². The first-order valence-electron chi connectivity index (χ1n) is 4.50. The zero-order chi connectivity index (χ0) is 10.9. The zero-order valence-electron chi connectivity index (χ0n) is 8.54. The average Bonchev–Trinajstić information content (AvgIpc) is 2.33. The number of aromatic carboxylic acids is 1. The molecule has 2 aromatic rings. The Morgan fingerprint density at radius 1 is 0.938 bits per heavy atom. The summed E-state index contributed by atoms with van der Waals surface area (Å²) < 4.78 is 0. The van der Waals surface area contributed by atoms with E-state index in [2.05, 4.69) is 6.07 Å². The van der Waals surface area contributed by atoms with Crippen molar-refractivity contribution in [3.63, 3.8) is 0 Å². The summed E-state index contributed by atoms with van der Waals surface area (Å²) in [6, 6.07) is 20.9. The van der Waals surface area contributed by atoms with E-state index in [0.29, 0.717) is 5.56 Å². The summed E-state index contributed by atoms with van der Waals surface area (Å²) in [5.41, 5.74) is 0.300. The van der Waals surface area contributed by atoms with Crippen LogP contribution in [-0.2, 0) is 17.4 Å². The smallest absolute Gasteiger partial charge is 0.311 e. The summed E-state index contributed by atoms with van der Waals surface area (Å²) in [6.45, 7) is 0. The molecule has 0 aliphatic rings. The maximum Gasteiger partial charge on any atom is 0.311 e. The number of benzene rings is 2. The normalized spacial score (nSPS) is 8.00. The summed E-state index contributed by atoms with van der Waals surface area (Å²) in [5.74, 6) is -0.899. The molecule has 3 heteroatoms. The molecule has 2 nitrogen and oxygen atoms in total. The fourth-order valence-electron chi connectivity index (χ4n) is 0.914.